The fourth-order valence-electron chi connectivity index (χ4n) is 2.03. The molecule has 4 heteroatoms. The maximum atomic E-state index is 10.4. The first-order valence-electron chi connectivity index (χ1n) is 5.96. The third kappa shape index (κ3) is 3.66. The maximum absolute atomic E-state index is 10.4. The predicted octanol–water partition coefficient (Wildman–Crippen LogP) is 2.50. The van der Waals surface area contributed by atoms with Crippen LogP contribution in [0.4, 0.5) is 5.69 Å². The second kappa shape index (κ2) is 5.57. The van der Waals surface area contributed by atoms with E-state index < -0.39 is 5.97 Å². The quantitative estimate of drug-likeness (QED) is 0.823. The molecule has 0 unspecified atom stereocenters. The van der Waals surface area contributed by atoms with Crippen molar-refractivity contribution >= 4 is 11.7 Å². The molecular weight excluding hydrogens is 218 g/mol. The zero-order valence-electron chi connectivity index (χ0n) is 9.69. The molecular formula is C13H17NO3. The van der Waals surface area contributed by atoms with E-state index in [9.17, 15) is 4.79 Å². The zero-order chi connectivity index (χ0) is 12.1. The fourth-order valence-corrected chi connectivity index (χ4v) is 2.03. The number of benzene rings is 1. The highest BCUT2D eigenvalue weighted by Gasteiger charge is 2.16. The lowest BCUT2D eigenvalue weighted by Gasteiger charge is -2.13. The number of carboxylic acids is 1. The highest BCUT2D eigenvalue weighted by atomic mass is 16.5. The number of nitrogens with one attached hydrogen (secondary N) is 1. The summed E-state index contributed by atoms with van der Waals surface area (Å²) in [7, 11) is 0. The van der Waals surface area contributed by atoms with Gasteiger partial charge in [0.2, 0.25) is 0 Å². The van der Waals surface area contributed by atoms with Crippen LogP contribution in [0.3, 0.4) is 0 Å². The van der Waals surface area contributed by atoms with Gasteiger partial charge in [0.15, 0.2) is 0 Å². The number of ether oxygens (including phenoxy) is 1. The Bertz CT molecular complexity index is 369. The van der Waals surface area contributed by atoms with Crippen molar-refractivity contribution in [2.45, 2.75) is 31.8 Å². The molecule has 1 aliphatic carbocycles. The average Bonchev–Trinajstić information content (AvgIpc) is 2.81. The molecule has 1 saturated carbocycles. The molecule has 0 heterocycles. The van der Waals surface area contributed by atoms with Crippen molar-refractivity contribution in [2.24, 2.45) is 0 Å². The normalized spacial score (nSPS) is 15.8. The number of aliphatic carboxylic acids is 1. The summed E-state index contributed by atoms with van der Waals surface area (Å²) in [6.07, 6.45) is 5.14. The van der Waals surface area contributed by atoms with Crippen LogP contribution in [0.2, 0.25) is 0 Å². The Hall–Kier alpha value is -1.71. The summed E-state index contributed by atoms with van der Waals surface area (Å²) in [5.74, 6) is -0.00550. The first-order chi connectivity index (χ1) is 8.24. The second-order valence-electron chi connectivity index (χ2n) is 4.30. The Kier molecular flexibility index (Phi) is 3.85. The van der Waals surface area contributed by atoms with E-state index in [1.807, 2.05) is 24.3 Å². The highest BCUT2D eigenvalue weighted by Crippen LogP contribution is 2.24. The van der Waals surface area contributed by atoms with Crippen LogP contribution in [0.15, 0.2) is 24.3 Å². The van der Waals surface area contributed by atoms with Crippen LogP contribution in [-0.2, 0) is 4.79 Å². The van der Waals surface area contributed by atoms with Crippen LogP contribution in [0.1, 0.15) is 25.7 Å². The van der Waals surface area contributed by atoms with Gasteiger partial charge in [-0.3, -0.25) is 4.79 Å². The summed E-state index contributed by atoms with van der Waals surface area (Å²) in [4.78, 5) is 10.4. The van der Waals surface area contributed by atoms with Gasteiger partial charge in [-0.15, -0.1) is 0 Å². The first-order valence-corrected chi connectivity index (χ1v) is 5.96. The SMILES string of the molecule is O=C(O)CNc1ccc(OC2CCCC2)cc1. The molecule has 2 N–H and O–H groups in total. The highest BCUT2D eigenvalue weighted by molar-refractivity contribution is 5.72. The third-order valence-electron chi connectivity index (χ3n) is 2.90. The van der Waals surface area contributed by atoms with Crippen molar-refractivity contribution in [1.29, 1.82) is 0 Å². The number of carbonyl (C=O) groups is 1. The van der Waals surface area contributed by atoms with Gasteiger partial charge in [-0.25, -0.2) is 0 Å². The molecule has 0 aliphatic heterocycles. The van der Waals surface area contributed by atoms with Gasteiger partial charge < -0.3 is 15.2 Å². The number of rotatable bonds is 5. The molecule has 0 amide bonds. The van der Waals surface area contributed by atoms with Gasteiger partial charge in [-0.1, -0.05) is 0 Å². The van der Waals surface area contributed by atoms with Crippen molar-refractivity contribution < 1.29 is 14.6 Å². The molecule has 4 nitrogen and oxygen atoms in total. The van der Waals surface area contributed by atoms with E-state index in [2.05, 4.69) is 5.32 Å². The standard InChI is InChI=1S/C13H17NO3/c15-13(16)9-14-10-5-7-12(8-6-10)17-11-3-1-2-4-11/h5-8,11,14H,1-4,9H2,(H,15,16). The minimum atomic E-state index is -0.865. The monoisotopic (exact) mass is 235 g/mol. The van der Waals surface area contributed by atoms with Gasteiger partial charge >= 0.3 is 5.97 Å². The molecule has 17 heavy (non-hydrogen) atoms. The third-order valence-corrected chi connectivity index (χ3v) is 2.90. The lowest BCUT2D eigenvalue weighted by molar-refractivity contribution is -0.134. The number of anilines is 1. The van der Waals surface area contributed by atoms with E-state index >= 15 is 0 Å². The smallest absolute Gasteiger partial charge is 0.322 e. The van der Waals surface area contributed by atoms with Gasteiger partial charge in [-0.2, -0.15) is 0 Å². The van der Waals surface area contributed by atoms with Gasteiger partial charge in [0.1, 0.15) is 12.3 Å². The topological polar surface area (TPSA) is 58.6 Å². The van der Waals surface area contributed by atoms with Crippen LogP contribution in [0, 0.1) is 0 Å². The molecule has 0 saturated heterocycles. The summed E-state index contributed by atoms with van der Waals surface area (Å²) in [5, 5.41) is 11.3. The van der Waals surface area contributed by atoms with E-state index in [1.54, 1.807) is 0 Å². The van der Waals surface area contributed by atoms with Crippen LogP contribution in [0.5, 0.6) is 5.75 Å². The van der Waals surface area contributed by atoms with Crippen LogP contribution in [-0.4, -0.2) is 23.7 Å². The minimum Gasteiger partial charge on any atom is -0.490 e. The van der Waals surface area contributed by atoms with Crippen molar-refractivity contribution in [3.05, 3.63) is 24.3 Å². The van der Waals surface area contributed by atoms with E-state index in [0.29, 0.717) is 6.10 Å². The summed E-state index contributed by atoms with van der Waals surface area (Å²) >= 11 is 0. The summed E-state index contributed by atoms with van der Waals surface area (Å²) in [6.45, 7) is -0.0666. The minimum absolute atomic E-state index is 0.0666. The Balaban J connectivity index is 1.86. The fraction of sp³-hybridized carbons (Fsp3) is 0.462. The number of carboxylic acid groups (broad SMARTS) is 1. The Labute approximate surface area is 101 Å². The second-order valence-corrected chi connectivity index (χ2v) is 4.30. The summed E-state index contributed by atoms with van der Waals surface area (Å²) < 4.78 is 5.81. The maximum Gasteiger partial charge on any atom is 0.322 e. The Morgan fingerprint density at radius 1 is 1.29 bits per heavy atom. The van der Waals surface area contributed by atoms with Gasteiger partial charge in [0.05, 0.1) is 6.10 Å². The van der Waals surface area contributed by atoms with E-state index in [0.717, 1.165) is 24.3 Å². The van der Waals surface area contributed by atoms with Crippen molar-refractivity contribution in [1.82, 2.24) is 0 Å². The molecule has 0 atom stereocenters. The van der Waals surface area contributed by atoms with Gasteiger partial charge in [-0.05, 0) is 49.9 Å². The molecule has 0 spiro atoms. The van der Waals surface area contributed by atoms with Crippen LogP contribution in [0.25, 0.3) is 0 Å². The Morgan fingerprint density at radius 2 is 1.94 bits per heavy atom. The molecule has 1 aromatic rings. The summed E-state index contributed by atoms with van der Waals surface area (Å²) in [6, 6.07) is 7.44. The summed E-state index contributed by atoms with van der Waals surface area (Å²) in [5.41, 5.74) is 0.797. The van der Waals surface area contributed by atoms with Gasteiger partial charge in [0.25, 0.3) is 0 Å². The number of hydrogen-bond acceptors (Lipinski definition) is 3. The predicted molar refractivity (Wildman–Crippen MR) is 65.5 cm³/mol. The Morgan fingerprint density at radius 3 is 2.53 bits per heavy atom. The van der Waals surface area contributed by atoms with Crippen LogP contribution < -0.4 is 10.1 Å². The zero-order valence-corrected chi connectivity index (χ0v) is 9.69. The average molecular weight is 235 g/mol. The largest absolute Gasteiger partial charge is 0.490 e. The molecule has 2 rings (SSSR count). The van der Waals surface area contributed by atoms with Crippen LogP contribution >= 0.6 is 0 Å². The molecule has 0 radical (unpaired) electrons. The van der Waals surface area contributed by atoms with E-state index in [-0.39, 0.29) is 6.54 Å². The first kappa shape index (κ1) is 11.8. The molecule has 0 bridgehead atoms. The van der Waals surface area contributed by atoms with E-state index in [1.165, 1.54) is 12.8 Å². The number of hydrogen-bond donors (Lipinski definition) is 2. The molecule has 0 aromatic heterocycles. The molecule has 1 fully saturated rings. The van der Waals surface area contributed by atoms with E-state index in [4.69, 9.17) is 9.84 Å². The molecule has 1 aliphatic rings. The lowest BCUT2D eigenvalue weighted by Crippen LogP contribution is -2.12. The lowest BCUT2D eigenvalue weighted by atomic mass is 10.2. The van der Waals surface area contributed by atoms with Gasteiger partial charge in [0, 0.05) is 5.69 Å². The molecule has 92 valence electrons. The van der Waals surface area contributed by atoms with Crippen molar-refractivity contribution in [3.8, 4) is 5.75 Å². The van der Waals surface area contributed by atoms with Crippen molar-refractivity contribution in [2.75, 3.05) is 11.9 Å². The molecule has 1 aromatic carbocycles. The van der Waals surface area contributed by atoms with Crippen molar-refractivity contribution in [3.63, 3.8) is 0 Å².